The van der Waals surface area contributed by atoms with E-state index < -0.39 is 0 Å². The van der Waals surface area contributed by atoms with Crippen molar-refractivity contribution in [3.05, 3.63) is 29.3 Å². The average molecular weight is 175 g/mol. The second-order valence-electron chi connectivity index (χ2n) is 2.61. The molecule has 0 radical (unpaired) electrons. The van der Waals surface area contributed by atoms with Crippen LogP contribution in [-0.4, -0.2) is 12.9 Å². The van der Waals surface area contributed by atoms with E-state index in [1.807, 2.05) is 19.1 Å². The molecule has 0 aromatic heterocycles. The molecule has 1 rings (SSSR count). The molecular formula is C10H9NO2. The highest BCUT2D eigenvalue weighted by atomic mass is 16.5. The smallest absolute Gasteiger partial charge is 0.174 e. The van der Waals surface area contributed by atoms with E-state index in [1.54, 1.807) is 12.1 Å². The van der Waals surface area contributed by atoms with Gasteiger partial charge in [0.15, 0.2) is 12.9 Å². The summed E-state index contributed by atoms with van der Waals surface area (Å²) >= 11 is 0. The largest absolute Gasteiger partial charge is 0.478 e. The van der Waals surface area contributed by atoms with Crippen molar-refractivity contribution in [2.45, 2.75) is 6.92 Å². The van der Waals surface area contributed by atoms with Crippen molar-refractivity contribution in [3.63, 3.8) is 0 Å². The van der Waals surface area contributed by atoms with Crippen molar-refractivity contribution < 1.29 is 9.53 Å². The van der Waals surface area contributed by atoms with Gasteiger partial charge in [0.25, 0.3) is 0 Å². The Hall–Kier alpha value is -1.82. The van der Waals surface area contributed by atoms with Gasteiger partial charge in [-0.2, -0.15) is 5.26 Å². The van der Waals surface area contributed by atoms with Crippen LogP contribution in [0.4, 0.5) is 0 Å². The fraction of sp³-hybridized carbons (Fsp3) is 0.200. The van der Waals surface area contributed by atoms with Crippen LogP contribution < -0.4 is 4.74 Å². The van der Waals surface area contributed by atoms with E-state index in [2.05, 4.69) is 0 Å². The van der Waals surface area contributed by atoms with Gasteiger partial charge in [0.05, 0.1) is 5.56 Å². The van der Waals surface area contributed by atoms with Gasteiger partial charge >= 0.3 is 0 Å². The standard InChI is InChI=1S/C10H9NO2/c1-8-2-3-9(7-12)10(6-8)13-5-4-11/h2-3,6-7H,5H2,1H3. The lowest BCUT2D eigenvalue weighted by Crippen LogP contribution is -1.97. The number of hydrogen-bond acceptors (Lipinski definition) is 3. The van der Waals surface area contributed by atoms with Crippen molar-refractivity contribution in [2.75, 3.05) is 6.61 Å². The van der Waals surface area contributed by atoms with Crippen LogP contribution in [0.1, 0.15) is 15.9 Å². The first kappa shape index (κ1) is 9.27. The van der Waals surface area contributed by atoms with E-state index in [1.165, 1.54) is 0 Å². The second-order valence-corrected chi connectivity index (χ2v) is 2.61. The molecular weight excluding hydrogens is 166 g/mol. The first-order chi connectivity index (χ1) is 6.27. The van der Waals surface area contributed by atoms with Crippen molar-refractivity contribution in [1.29, 1.82) is 5.26 Å². The molecule has 13 heavy (non-hydrogen) atoms. The second kappa shape index (κ2) is 4.27. The zero-order chi connectivity index (χ0) is 9.68. The normalized spacial score (nSPS) is 8.92. The Balaban J connectivity index is 2.95. The molecule has 3 heteroatoms. The summed E-state index contributed by atoms with van der Waals surface area (Å²) in [5.74, 6) is 0.469. The van der Waals surface area contributed by atoms with Crippen molar-refractivity contribution >= 4 is 6.29 Å². The number of aldehydes is 1. The van der Waals surface area contributed by atoms with Gasteiger partial charge in [-0.1, -0.05) is 6.07 Å². The summed E-state index contributed by atoms with van der Waals surface area (Å²) < 4.78 is 5.07. The molecule has 0 saturated carbocycles. The SMILES string of the molecule is Cc1ccc(C=O)c(OCC#N)c1. The zero-order valence-electron chi connectivity index (χ0n) is 7.28. The lowest BCUT2D eigenvalue weighted by molar-refractivity contribution is 0.112. The van der Waals surface area contributed by atoms with Crippen molar-refractivity contribution in [2.24, 2.45) is 0 Å². The van der Waals surface area contributed by atoms with Gasteiger partial charge in [-0.3, -0.25) is 4.79 Å². The Labute approximate surface area is 76.6 Å². The first-order valence-corrected chi connectivity index (χ1v) is 3.83. The Bertz CT molecular complexity index is 352. The lowest BCUT2D eigenvalue weighted by atomic mass is 10.1. The van der Waals surface area contributed by atoms with Crippen LogP contribution in [0.5, 0.6) is 5.75 Å². The Morgan fingerprint density at radius 2 is 2.38 bits per heavy atom. The molecule has 0 aliphatic heterocycles. The maximum atomic E-state index is 10.5. The third kappa shape index (κ3) is 2.31. The molecule has 0 heterocycles. The first-order valence-electron chi connectivity index (χ1n) is 3.83. The molecule has 3 nitrogen and oxygen atoms in total. The summed E-state index contributed by atoms with van der Waals surface area (Å²) in [6.45, 7) is 1.86. The number of carbonyl (C=O) groups excluding carboxylic acids is 1. The summed E-state index contributed by atoms with van der Waals surface area (Å²) in [6, 6.07) is 7.08. The molecule has 0 atom stereocenters. The van der Waals surface area contributed by atoms with Gasteiger partial charge in [-0.05, 0) is 24.6 Å². The van der Waals surface area contributed by atoms with E-state index in [-0.39, 0.29) is 6.61 Å². The molecule has 0 bridgehead atoms. The van der Waals surface area contributed by atoms with Crippen LogP contribution in [-0.2, 0) is 0 Å². The summed E-state index contributed by atoms with van der Waals surface area (Å²) in [5.41, 5.74) is 1.47. The van der Waals surface area contributed by atoms with Crippen LogP contribution in [0.3, 0.4) is 0 Å². The van der Waals surface area contributed by atoms with Crippen LogP contribution in [0, 0.1) is 18.3 Å². The summed E-state index contributed by atoms with van der Waals surface area (Å²) in [5, 5.41) is 8.30. The van der Waals surface area contributed by atoms with Crippen LogP contribution in [0.25, 0.3) is 0 Å². The molecule has 1 aromatic rings. The Morgan fingerprint density at radius 3 is 3.00 bits per heavy atom. The highest BCUT2D eigenvalue weighted by molar-refractivity contribution is 5.79. The van der Waals surface area contributed by atoms with Gasteiger partial charge in [0.2, 0.25) is 0 Å². The third-order valence-electron chi connectivity index (χ3n) is 1.59. The number of nitriles is 1. The molecule has 1 aromatic carbocycles. The maximum absolute atomic E-state index is 10.5. The fourth-order valence-corrected chi connectivity index (χ4v) is 0.974. The highest BCUT2D eigenvalue weighted by Crippen LogP contribution is 2.18. The summed E-state index contributed by atoms with van der Waals surface area (Å²) in [7, 11) is 0. The zero-order valence-corrected chi connectivity index (χ0v) is 7.28. The number of hydrogen-bond donors (Lipinski definition) is 0. The molecule has 0 aliphatic carbocycles. The molecule has 0 fully saturated rings. The molecule has 0 N–H and O–H groups in total. The minimum absolute atomic E-state index is 0.0374. The van der Waals surface area contributed by atoms with Gasteiger partial charge in [0.1, 0.15) is 11.8 Å². The van der Waals surface area contributed by atoms with Crippen molar-refractivity contribution in [3.8, 4) is 11.8 Å². The molecule has 0 aliphatic rings. The Kier molecular flexibility index (Phi) is 3.04. The highest BCUT2D eigenvalue weighted by Gasteiger charge is 2.01. The quantitative estimate of drug-likeness (QED) is 0.657. The Morgan fingerprint density at radius 1 is 1.62 bits per heavy atom. The average Bonchev–Trinajstić information content (AvgIpc) is 2.15. The van der Waals surface area contributed by atoms with Gasteiger partial charge in [-0.25, -0.2) is 0 Å². The third-order valence-corrected chi connectivity index (χ3v) is 1.59. The fourth-order valence-electron chi connectivity index (χ4n) is 0.974. The number of carbonyl (C=O) groups is 1. The maximum Gasteiger partial charge on any atom is 0.174 e. The van der Waals surface area contributed by atoms with Crippen LogP contribution >= 0.6 is 0 Å². The number of rotatable bonds is 3. The predicted molar refractivity (Wildman–Crippen MR) is 47.7 cm³/mol. The topological polar surface area (TPSA) is 50.1 Å². The molecule has 0 unspecified atom stereocenters. The summed E-state index contributed by atoms with van der Waals surface area (Å²) in [4.78, 5) is 10.5. The molecule has 0 spiro atoms. The van der Waals surface area contributed by atoms with Crippen molar-refractivity contribution in [1.82, 2.24) is 0 Å². The van der Waals surface area contributed by atoms with Gasteiger partial charge in [0, 0.05) is 0 Å². The minimum Gasteiger partial charge on any atom is -0.478 e. The number of nitrogens with zero attached hydrogens (tertiary/aromatic N) is 1. The van der Waals surface area contributed by atoms with E-state index in [0.717, 1.165) is 5.56 Å². The van der Waals surface area contributed by atoms with Gasteiger partial charge in [-0.15, -0.1) is 0 Å². The summed E-state index contributed by atoms with van der Waals surface area (Å²) in [6.07, 6.45) is 0.714. The number of ether oxygens (including phenoxy) is 1. The van der Waals surface area contributed by atoms with Crippen LogP contribution in [0.2, 0.25) is 0 Å². The molecule has 0 saturated heterocycles. The molecule has 66 valence electrons. The predicted octanol–water partition coefficient (Wildman–Crippen LogP) is 1.71. The minimum atomic E-state index is -0.0374. The lowest BCUT2D eigenvalue weighted by Gasteiger charge is -2.04. The van der Waals surface area contributed by atoms with E-state index >= 15 is 0 Å². The molecule has 0 amide bonds. The number of aryl methyl sites for hydroxylation is 1. The van der Waals surface area contributed by atoms with E-state index in [9.17, 15) is 4.79 Å². The van der Waals surface area contributed by atoms with Crippen LogP contribution in [0.15, 0.2) is 18.2 Å². The van der Waals surface area contributed by atoms with Gasteiger partial charge < -0.3 is 4.74 Å². The number of benzene rings is 1. The monoisotopic (exact) mass is 175 g/mol. The van der Waals surface area contributed by atoms with E-state index in [4.69, 9.17) is 10.00 Å². The van der Waals surface area contributed by atoms with E-state index in [0.29, 0.717) is 17.6 Å².